The molecule has 22 heavy (non-hydrogen) atoms. The van der Waals surface area contributed by atoms with Crippen molar-refractivity contribution in [2.24, 2.45) is 0 Å². The van der Waals surface area contributed by atoms with Crippen molar-refractivity contribution in [1.29, 1.82) is 0 Å². The molecule has 0 bridgehead atoms. The first-order valence-corrected chi connectivity index (χ1v) is 8.80. The maximum Gasteiger partial charge on any atom is 0.215 e. The fourth-order valence-electron chi connectivity index (χ4n) is 2.20. The molecule has 0 spiro atoms. The molecule has 0 aliphatic carbocycles. The largest absolute Gasteiger partial charge is 0.363 e. The van der Waals surface area contributed by atoms with E-state index in [1.165, 1.54) is 7.05 Å². The zero-order valence-corrected chi connectivity index (χ0v) is 13.9. The van der Waals surface area contributed by atoms with E-state index >= 15 is 0 Å². The van der Waals surface area contributed by atoms with Crippen LogP contribution in [0.2, 0.25) is 0 Å². The van der Waals surface area contributed by atoms with Crippen molar-refractivity contribution in [2.45, 2.75) is 32.2 Å². The Morgan fingerprint density at radius 3 is 2.45 bits per heavy atom. The summed E-state index contributed by atoms with van der Waals surface area (Å²) in [6.07, 6.45) is 3.47. The van der Waals surface area contributed by atoms with Crippen LogP contribution in [-0.4, -0.2) is 31.5 Å². The Balaban J connectivity index is 2.16. The second-order valence-corrected chi connectivity index (χ2v) is 7.35. The molecule has 2 aromatic rings. The average Bonchev–Trinajstić information content (AvgIpc) is 2.98. The van der Waals surface area contributed by atoms with E-state index in [-0.39, 0.29) is 5.75 Å². The minimum Gasteiger partial charge on any atom is -0.363 e. The van der Waals surface area contributed by atoms with Crippen LogP contribution in [0.3, 0.4) is 0 Å². The van der Waals surface area contributed by atoms with Crippen LogP contribution in [-0.2, 0) is 22.3 Å². The van der Waals surface area contributed by atoms with E-state index in [0.29, 0.717) is 6.04 Å². The fourth-order valence-corrected chi connectivity index (χ4v) is 2.98. The topological polar surface area (TPSA) is 78.1 Å². The number of anilines is 1. The predicted molar refractivity (Wildman–Crippen MR) is 88.0 cm³/mol. The Morgan fingerprint density at radius 1 is 1.27 bits per heavy atom. The molecule has 6 nitrogen and oxygen atoms in total. The van der Waals surface area contributed by atoms with Gasteiger partial charge in [0.15, 0.2) is 0 Å². The van der Waals surface area contributed by atoms with Gasteiger partial charge in [-0.15, -0.1) is 0 Å². The van der Waals surface area contributed by atoms with E-state index in [1.54, 1.807) is 6.33 Å². The Bertz CT molecular complexity index is 679. The molecule has 0 atom stereocenters. The van der Waals surface area contributed by atoms with Gasteiger partial charge < -0.3 is 9.88 Å². The summed E-state index contributed by atoms with van der Waals surface area (Å²) >= 11 is 0. The number of hydrogen-bond acceptors (Lipinski definition) is 4. The summed E-state index contributed by atoms with van der Waals surface area (Å²) in [7, 11) is -1.81. The van der Waals surface area contributed by atoms with E-state index in [9.17, 15) is 8.42 Å². The second-order valence-electron chi connectivity index (χ2n) is 5.43. The summed E-state index contributed by atoms with van der Waals surface area (Å²) in [6, 6.07) is 7.93. The molecule has 2 rings (SSSR count). The van der Waals surface area contributed by atoms with E-state index in [1.807, 2.05) is 30.5 Å². The van der Waals surface area contributed by atoms with Gasteiger partial charge in [-0.25, -0.2) is 18.1 Å². The SMILES string of the molecule is CNS(=O)(=O)Cc1ccc(N(Cc2cnc[nH]2)C(C)C)cc1. The van der Waals surface area contributed by atoms with Gasteiger partial charge in [0, 0.05) is 17.9 Å². The summed E-state index contributed by atoms with van der Waals surface area (Å²) in [6.45, 7) is 4.97. The van der Waals surface area contributed by atoms with Crippen LogP contribution in [0.25, 0.3) is 0 Å². The van der Waals surface area contributed by atoms with Gasteiger partial charge >= 0.3 is 0 Å². The monoisotopic (exact) mass is 322 g/mol. The number of hydrogen-bond donors (Lipinski definition) is 2. The van der Waals surface area contributed by atoms with Crippen molar-refractivity contribution < 1.29 is 8.42 Å². The highest BCUT2D eigenvalue weighted by atomic mass is 32.2. The molecule has 120 valence electrons. The minimum absolute atomic E-state index is 0.00793. The molecule has 1 aromatic carbocycles. The van der Waals surface area contributed by atoms with Crippen LogP contribution in [0.4, 0.5) is 5.69 Å². The molecule has 0 saturated carbocycles. The van der Waals surface area contributed by atoms with Gasteiger partial charge in [-0.3, -0.25) is 0 Å². The van der Waals surface area contributed by atoms with Crippen molar-refractivity contribution in [3.8, 4) is 0 Å². The Labute approximate surface area is 131 Å². The molecule has 1 aromatic heterocycles. The smallest absolute Gasteiger partial charge is 0.215 e. The standard InChI is InChI=1S/C15H22N4O2S/c1-12(2)19(9-14-8-17-11-18-14)15-6-4-13(5-7-15)10-22(20,21)16-3/h4-8,11-12,16H,9-10H2,1-3H3,(H,17,18). The second kappa shape index (κ2) is 6.93. The Hall–Kier alpha value is -1.86. The van der Waals surface area contributed by atoms with E-state index in [4.69, 9.17) is 0 Å². The van der Waals surface area contributed by atoms with Crippen LogP contribution < -0.4 is 9.62 Å². The zero-order chi connectivity index (χ0) is 16.2. The summed E-state index contributed by atoms with van der Waals surface area (Å²) in [5.41, 5.74) is 2.86. The third kappa shape index (κ3) is 4.32. The number of imidazole rings is 1. The quantitative estimate of drug-likeness (QED) is 0.816. The van der Waals surface area contributed by atoms with Crippen molar-refractivity contribution in [3.63, 3.8) is 0 Å². The summed E-state index contributed by atoms with van der Waals surface area (Å²) in [5, 5.41) is 0. The number of aromatic nitrogens is 2. The fraction of sp³-hybridized carbons (Fsp3) is 0.400. The van der Waals surface area contributed by atoms with Crippen LogP contribution >= 0.6 is 0 Å². The molecule has 0 unspecified atom stereocenters. The van der Waals surface area contributed by atoms with Crippen molar-refractivity contribution in [1.82, 2.24) is 14.7 Å². The number of rotatable bonds is 7. The van der Waals surface area contributed by atoms with Crippen molar-refractivity contribution >= 4 is 15.7 Å². The minimum atomic E-state index is -3.24. The van der Waals surface area contributed by atoms with Crippen molar-refractivity contribution in [3.05, 3.63) is 48.0 Å². The van der Waals surface area contributed by atoms with Crippen LogP contribution in [0, 0.1) is 0 Å². The lowest BCUT2D eigenvalue weighted by atomic mass is 10.2. The molecule has 0 aliphatic rings. The first kappa shape index (κ1) is 16.5. The van der Waals surface area contributed by atoms with Crippen LogP contribution in [0.1, 0.15) is 25.1 Å². The summed E-state index contributed by atoms with van der Waals surface area (Å²) in [5.74, 6) is -0.00793. The van der Waals surface area contributed by atoms with E-state index in [2.05, 4.69) is 33.4 Å². The molecule has 0 fully saturated rings. The van der Waals surface area contributed by atoms with Gasteiger partial charge in [0.05, 0.1) is 24.3 Å². The van der Waals surface area contributed by atoms with Gasteiger partial charge in [0.1, 0.15) is 0 Å². The molecule has 2 N–H and O–H groups in total. The lowest BCUT2D eigenvalue weighted by Gasteiger charge is -2.28. The molecule has 0 saturated heterocycles. The normalized spacial score (nSPS) is 11.8. The van der Waals surface area contributed by atoms with E-state index < -0.39 is 10.0 Å². The maximum absolute atomic E-state index is 11.6. The lowest BCUT2D eigenvalue weighted by molar-refractivity contribution is 0.587. The lowest BCUT2D eigenvalue weighted by Crippen LogP contribution is -2.30. The average molecular weight is 322 g/mol. The highest BCUT2D eigenvalue weighted by molar-refractivity contribution is 7.88. The first-order chi connectivity index (χ1) is 10.4. The molecular formula is C15H22N4O2S. The summed E-state index contributed by atoms with van der Waals surface area (Å²) < 4.78 is 25.5. The highest BCUT2D eigenvalue weighted by Gasteiger charge is 2.13. The molecule has 1 heterocycles. The Morgan fingerprint density at radius 2 is 1.95 bits per heavy atom. The van der Waals surface area contributed by atoms with Crippen molar-refractivity contribution in [2.75, 3.05) is 11.9 Å². The summed E-state index contributed by atoms with van der Waals surface area (Å²) in [4.78, 5) is 9.36. The third-order valence-electron chi connectivity index (χ3n) is 3.45. The number of benzene rings is 1. The molecule has 0 aliphatic heterocycles. The first-order valence-electron chi connectivity index (χ1n) is 7.15. The van der Waals surface area contributed by atoms with Gasteiger partial charge in [-0.05, 0) is 38.6 Å². The molecule has 0 amide bonds. The van der Waals surface area contributed by atoms with Gasteiger partial charge in [0.2, 0.25) is 10.0 Å². The number of nitrogens with one attached hydrogen (secondary N) is 2. The van der Waals surface area contributed by atoms with E-state index in [0.717, 1.165) is 23.5 Å². The number of H-pyrrole nitrogens is 1. The molecule has 0 radical (unpaired) electrons. The van der Waals surface area contributed by atoms with Crippen LogP contribution in [0.5, 0.6) is 0 Å². The van der Waals surface area contributed by atoms with Gasteiger partial charge in [-0.1, -0.05) is 12.1 Å². The van der Waals surface area contributed by atoms with Gasteiger partial charge in [0.25, 0.3) is 0 Å². The number of aromatic amines is 1. The predicted octanol–water partition coefficient (Wildman–Crippen LogP) is 1.87. The Kier molecular flexibility index (Phi) is 5.20. The van der Waals surface area contributed by atoms with Crippen LogP contribution in [0.15, 0.2) is 36.8 Å². The van der Waals surface area contributed by atoms with Gasteiger partial charge in [-0.2, -0.15) is 0 Å². The molecular weight excluding hydrogens is 300 g/mol. The maximum atomic E-state index is 11.6. The molecule has 7 heteroatoms. The number of sulfonamides is 1. The zero-order valence-electron chi connectivity index (χ0n) is 13.1. The number of nitrogens with zero attached hydrogens (tertiary/aromatic N) is 2. The highest BCUT2D eigenvalue weighted by Crippen LogP contribution is 2.20. The third-order valence-corrected chi connectivity index (χ3v) is 4.79.